The molecule has 0 radical (unpaired) electrons. The molecule has 0 atom stereocenters. The zero-order valence-electron chi connectivity index (χ0n) is 8.23. The van der Waals surface area contributed by atoms with Gasteiger partial charge in [0, 0.05) is 32.6 Å². The molecular formula is C9H14N2O3. The van der Waals surface area contributed by atoms with Crippen LogP contribution in [0.15, 0.2) is 0 Å². The lowest BCUT2D eigenvalue weighted by Crippen LogP contribution is -2.54. The van der Waals surface area contributed by atoms with Crippen molar-refractivity contribution < 1.29 is 14.4 Å². The second kappa shape index (κ2) is 4.74. The first-order valence-corrected chi connectivity index (χ1v) is 4.72. The molecule has 1 fully saturated rings. The maximum atomic E-state index is 11.4. The summed E-state index contributed by atoms with van der Waals surface area (Å²) in [7, 11) is 0. The quantitative estimate of drug-likeness (QED) is 0.442. The molecule has 0 N–H and O–H groups in total. The second-order valence-corrected chi connectivity index (χ2v) is 3.13. The second-order valence-electron chi connectivity index (χ2n) is 3.13. The number of hydrogen-bond donors (Lipinski definition) is 0. The fourth-order valence-corrected chi connectivity index (χ4v) is 1.44. The van der Waals surface area contributed by atoms with Crippen LogP contribution in [-0.2, 0) is 14.4 Å². The van der Waals surface area contributed by atoms with E-state index in [9.17, 15) is 14.4 Å². The van der Waals surface area contributed by atoms with Crippen molar-refractivity contribution in [2.75, 3.05) is 26.2 Å². The number of nitrogens with zero attached hydrogens (tertiary/aromatic N) is 2. The van der Waals surface area contributed by atoms with Crippen LogP contribution >= 0.6 is 0 Å². The summed E-state index contributed by atoms with van der Waals surface area (Å²) in [6.07, 6.45) is 1.05. The number of carbonyl (C=O) groups excluding carboxylic acids is 3. The molecule has 1 heterocycles. The maximum absolute atomic E-state index is 11.4. The highest BCUT2D eigenvalue weighted by atomic mass is 16.2. The van der Waals surface area contributed by atoms with Gasteiger partial charge in [-0.2, -0.15) is 0 Å². The van der Waals surface area contributed by atoms with Gasteiger partial charge in [0.05, 0.1) is 0 Å². The normalized spacial score (nSPS) is 17.5. The third kappa shape index (κ3) is 2.10. The van der Waals surface area contributed by atoms with Crippen LogP contribution in [0.3, 0.4) is 0 Å². The number of piperazine rings is 1. The van der Waals surface area contributed by atoms with Gasteiger partial charge in [0.1, 0.15) is 6.29 Å². The Morgan fingerprint density at radius 3 is 2.36 bits per heavy atom. The Hall–Kier alpha value is -1.39. The molecule has 0 spiro atoms. The number of hydrogen-bond acceptors (Lipinski definition) is 3. The average Bonchev–Trinajstić information content (AvgIpc) is 2.20. The number of aldehydes is 1. The Kier molecular flexibility index (Phi) is 3.62. The molecule has 1 aliphatic heterocycles. The van der Waals surface area contributed by atoms with E-state index in [0.29, 0.717) is 32.6 Å². The van der Waals surface area contributed by atoms with E-state index in [2.05, 4.69) is 0 Å². The Morgan fingerprint density at radius 1 is 1.21 bits per heavy atom. The van der Waals surface area contributed by atoms with E-state index in [1.807, 2.05) is 6.92 Å². The largest absolute Gasteiger partial charge is 0.333 e. The van der Waals surface area contributed by atoms with Crippen LogP contribution < -0.4 is 0 Å². The Balaban J connectivity index is 2.55. The number of likely N-dealkylation sites (N-methyl/N-ethyl adjacent to an activating group) is 1. The van der Waals surface area contributed by atoms with Crippen molar-refractivity contribution in [3.05, 3.63) is 0 Å². The molecule has 0 unspecified atom stereocenters. The zero-order valence-corrected chi connectivity index (χ0v) is 8.23. The lowest BCUT2D eigenvalue weighted by molar-refractivity contribution is -0.155. The summed E-state index contributed by atoms with van der Waals surface area (Å²) in [4.78, 5) is 35.9. The number of amides is 2. The van der Waals surface area contributed by atoms with Crippen molar-refractivity contribution in [1.82, 2.24) is 9.80 Å². The lowest BCUT2D eigenvalue weighted by Gasteiger charge is -2.32. The third-order valence-electron chi connectivity index (χ3n) is 2.30. The van der Waals surface area contributed by atoms with E-state index in [-0.39, 0.29) is 0 Å². The van der Waals surface area contributed by atoms with Crippen LogP contribution in [0, 0.1) is 0 Å². The molecule has 14 heavy (non-hydrogen) atoms. The third-order valence-corrected chi connectivity index (χ3v) is 2.30. The van der Waals surface area contributed by atoms with Crippen LogP contribution in [0.5, 0.6) is 0 Å². The predicted octanol–water partition coefficient (Wildman–Crippen LogP) is -0.734. The highest BCUT2D eigenvalue weighted by Crippen LogP contribution is 2.04. The van der Waals surface area contributed by atoms with Crippen molar-refractivity contribution in [3.63, 3.8) is 0 Å². The van der Waals surface area contributed by atoms with Crippen LogP contribution in [0.1, 0.15) is 13.3 Å². The fraction of sp³-hybridized carbons (Fsp3) is 0.667. The molecule has 5 nitrogen and oxygen atoms in total. The highest BCUT2D eigenvalue weighted by Gasteiger charge is 2.30. The van der Waals surface area contributed by atoms with Crippen LogP contribution in [0.2, 0.25) is 0 Å². The molecule has 0 saturated carbocycles. The number of rotatable bonds is 4. The van der Waals surface area contributed by atoms with E-state index in [1.165, 1.54) is 9.80 Å². The minimum absolute atomic E-state index is 0.297. The van der Waals surface area contributed by atoms with Crippen LogP contribution in [-0.4, -0.2) is 54.1 Å². The van der Waals surface area contributed by atoms with Gasteiger partial charge in [-0.3, -0.25) is 9.59 Å². The van der Waals surface area contributed by atoms with E-state index in [4.69, 9.17) is 0 Å². The van der Waals surface area contributed by atoms with Crippen molar-refractivity contribution in [2.24, 2.45) is 0 Å². The lowest BCUT2D eigenvalue weighted by atomic mass is 10.2. The summed E-state index contributed by atoms with van der Waals surface area (Å²) in [5, 5.41) is 0. The molecular weight excluding hydrogens is 184 g/mol. The summed E-state index contributed by atoms with van der Waals surface area (Å²) in [5.41, 5.74) is 0. The average molecular weight is 198 g/mol. The minimum Gasteiger partial charge on any atom is -0.333 e. The molecule has 78 valence electrons. The van der Waals surface area contributed by atoms with Gasteiger partial charge in [0.15, 0.2) is 0 Å². The molecule has 1 rings (SSSR count). The molecule has 0 bridgehead atoms. The fourth-order valence-electron chi connectivity index (χ4n) is 1.44. The molecule has 1 saturated heterocycles. The van der Waals surface area contributed by atoms with Crippen molar-refractivity contribution in [1.29, 1.82) is 0 Å². The topological polar surface area (TPSA) is 57.7 Å². The molecule has 0 aromatic heterocycles. The van der Waals surface area contributed by atoms with Gasteiger partial charge in [-0.05, 0) is 6.92 Å². The molecule has 0 aromatic carbocycles. The maximum Gasteiger partial charge on any atom is 0.312 e. The smallest absolute Gasteiger partial charge is 0.312 e. The summed E-state index contributed by atoms with van der Waals surface area (Å²) in [6.45, 7) is 3.86. The number of carbonyl (C=O) groups is 3. The van der Waals surface area contributed by atoms with E-state index in [0.717, 1.165) is 6.29 Å². The molecule has 0 aliphatic carbocycles. The van der Waals surface area contributed by atoms with Crippen molar-refractivity contribution in [3.8, 4) is 0 Å². The summed E-state index contributed by atoms with van der Waals surface area (Å²) in [5.74, 6) is -0.940. The van der Waals surface area contributed by atoms with Crippen molar-refractivity contribution in [2.45, 2.75) is 13.3 Å². The van der Waals surface area contributed by atoms with Gasteiger partial charge in [-0.25, -0.2) is 0 Å². The van der Waals surface area contributed by atoms with E-state index >= 15 is 0 Å². The molecule has 1 aliphatic rings. The Bertz CT molecular complexity index is 252. The van der Waals surface area contributed by atoms with Gasteiger partial charge in [-0.1, -0.05) is 0 Å². The Morgan fingerprint density at radius 2 is 1.79 bits per heavy atom. The van der Waals surface area contributed by atoms with Crippen LogP contribution in [0.25, 0.3) is 0 Å². The van der Waals surface area contributed by atoms with E-state index in [1.54, 1.807) is 0 Å². The predicted molar refractivity (Wildman–Crippen MR) is 49.5 cm³/mol. The van der Waals surface area contributed by atoms with Crippen molar-refractivity contribution >= 4 is 18.1 Å². The summed E-state index contributed by atoms with van der Waals surface area (Å²) in [6, 6.07) is 0. The standard InChI is InChI=1S/C9H14N2O3/c1-2-10-5-6-11(4-3-7-12)9(14)8(10)13/h7H,2-6H2,1H3. The van der Waals surface area contributed by atoms with Gasteiger partial charge in [0.2, 0.25) is 0 Å². The summed E-state index contributed by atoms with van der Waals surface area (Å²) >= 11 is 0. The molecule has 0 aromatic rings. The minimum atomic E-state index is -0.486. The van der Waals surface area contributed by atoms with Gasteiger partial charge in [0.25, 0.3) is 0 Å². The molecule has 5 heteroatoms. The first kappa shape index (κ1) is 10.7. The first-order chi connectivity index (χ1) is 6.70. The Labute approximate surface area is 82.7 Å². The van der Waals surface area contributed by atoms with Gasteiger partial charge in [-0.15, -0.1) is 0 Å². The first-order valence-electron chi connectivity index (χ1n) is 4.72. The molecule has 2 amide bonds. The van der Waals surface area contributed by atoms with E-state index < -0.39 is 11.8 Å². The highest BCUT2D eigenvalue weighted by molar-refractivity contribution is 6.35. The monoisotopic (exact) mass is 198 g/mol. The zero-order chi connectivity index (χ0) is 10.6. The van der Waals surface area contributed by atoms with Crippen LogP contribution in [0.4, 0.5) is 0 Å². The summed E-state index contributed by atoms with van der Waals surface area (Å²) < 4.78 is 0. The van der Waals surface area contributed by atoms with Gasteiger partial charge >= 0.3 is 11.8 Å². The van der Waals surface area contributed by atoms with Gasteiger partial charge < -0.3 is 14.6 Å². The SMILES string of the molecule is CCN1CCN(CCC=O)C(=O)C1=O.